The van der Waals surface area contributed by atoms with Gasteiger partial charge < -0.3 is 40.4 Å². The van der Waals surface area contributed by atoms with Crippen LogP contribution in [-0.4, -0.2) is 42.8 Å². The van der Waals surface area contributed by atoms with E-state index in [0.29, 0.717) is 24.4 Å². The third kappa shape index (κ3) is 19.0. The Hall–Kier alpha value is -3.55. The van der Waals surface area contributed by atoms with Crippen molar-refractivity contribution in [1.29, 1.82) is 0 Å². The first-order valence-electron chi connectivity index (χ1n) is 19.6. The van der Waals surface area contributed by atoms with Gasteiger partial charge in [-0.05, 0) is 110 Å². The fourth-order valence-electron chi connectivity index (χ4n) is 5.14. The molecule has 0 bridgehead atoms. The maximum absolute atomic E-state index is 9.44. The third-order valence-corrected chi connectivity index (χ3v) is 8.66. The molecule has 0 fully saturated rings. The Bertz CT molecular complexity index is 1970. The van der Waals surface area contributed by atoms with Crippen molar-refractivity contribution in [3.63, 3.8) is 0 Å². The summed E-state index contributed by atoms with van der Waals surface area (Å²) < 4.78 is 29.0. The summed E-state index contributed by atoms with van der Waals surface area (Å²) in [6, 6.07) is 43.5. The van der Waals surface area contributed by atoms with Crippen LogP contribution in [0.2, 0.25) is 0 Å². The van der Waals surface area contributed by atoms with Gasteiger partial charge in [0.05, 0.1) is 0 Å². The molecule has 6 aromatic carbocycles. The van der Waals surface area contributed by atoms with Crippen LogP contribution in [0.3, 0.4) is 0 Å². The maximum Gasteiger partial charge on any atom is 1.00 e. The van der Waals surface area contributed by atoms with Crippen LogP contribution in [-0.2, 0) is 27.2 Å². The van der Waals surface area contributed by atoms with Gasteiger partial charge in [0.2, 0.25) is 0 Å². The molecule has 7 nitrogen and oxygen atoms in total. The Balaban J connectivity index is 0.000000292. The normalized spacial score (nSPS) is 10.4. The van der Waals surface area contributed by atoms with Crippen molar-refractivity contribution in [2.24, 2.45) is 0 Å². The molecule has 0 radical (unpaired) electrons. The number of hydrogen-bond donors (Lipinski definition) is 2. The zero-order chi connectivity index (χ0) is 41.6. The van der Waals surface area contributed by atoms with Gasteiger partial charge in [0.25, 0.3) is 0 Å². The van der Waals surface area contributed by atoms with Crippen LogP contribution in [0, 0.1) is 6.92 Å². The molecular weight excluding hydrogens is 785 g/mol. The van der Waals surface area contributed by atoms with E-state index in [1.54, 1.807) is 6.07 Å². The van der Waals surface area contributed by atoms with E-state index in [1.165, 1.54) is 22.8 Å². The Morgan fingerprint density at radius 1 is 0.569 bits per heavy atom. The Morgan fingerprint density at radius 2 is 0.983 bits per heavy atom. The van der Waals surface area contributed by atoms with Gasteiger partial charge in [0.15, 0.2) is 0 Å². The summed E-state index contributed by atoms with van der Waals surface area (Å²) in [5, 5.41) is 23.0. The number of benzene rings is 6. The maximum atomic E-state index is 9.44. The van der Waals surface area contributed by atoms with Crippen molar-refractivity contribution in [2.45, 2.75) is 92.8 Å². The minimum Gasteiger partial charge on any atom is -0.489 e. The fourth-order valence-corrected chi connectivity index (χ4v) is 5.63. The second kappa shape index (κ2) is 28.0. The van der Waals surface area contributed by atoms with Crippen LogP contribution in [0.1, 0.15) is 72.4 Å². The largest absolute Gasteiger partial charge is 1.00 e. The molecule has 2 N–H and O–H groups in total. The average molecular weight is 843 g/mol. The van der Waals surface area contributed by atoms with Gasteiger partial charge in [-0.1, -0.05) is 132 Å². The molecule has 0 aliphatic carbocycles. The molecule has 6 rings (SSSR count). The van der Waals surface area contributed by atoms with E-state index < -0.39 is 14.4 Å². The summed E-state index contributed by atoms with van der Waals surface area (Å²) >= 11 is 3.57. The van der Waals surface area contributed by atoms with E-state index >= 15 is 0 Å². The van der Waals surface area contributed by atoms with E-state index in [-0.39, 0.29) is 37.2 Å². The first-order valence-corrected chi connectivity index (χ1v) is 20.4. The molecule has 0 atom stereocenters. The zero-order valence-corrected chi connectivity index (χ0v) is 37.0. The van der Waals surface area contributed by atoms with Crippen LogP contribution in [0.25, 0.3) is 21.5 Å². The first kappa shape index (κ1) is 50.6. The predicted octanol–water partition coefficient (Wildman–Crippen LogP) is 8.15. The Labute approximate surface area is 368 Å². The average Bonchev–Trinajstić information content (AvgIpc) is 3.20. The number of rotatable bonds is 14. The van der Waals surface area contributed by atoms with E-state index in [2.05, 4.69) is 60.1 Å². The zero-order valence-electron chi connectivity index (χ0n) is 35.4. The molecule has 0 aliphatic rings. The Morgan fingerprint density at radius 3 is 1.40 bits per heavy atom. The summed E-state index contributed by atoms with van der Waals surface area (Å²) in [6.07, 6.45) is 2.62. The van der Waals surface area contributed by atoms with Crippen LogP contribution in [0.5, 0.6) is 11.5 Å². The van der Waals surface area contributed by atoms with Crippen LogP contribution >= 0.6 is 15.9 Å². The molecular formula is C47H58B2BrLiO7. The Kier molecular flexibility index (Phi) is 24.4. The quantitative estimate of drug-likeness (QED) is 0.0847. The first-order chi connectivity index (χ1) is 27.4. The summed E-state index contributed by atoms with van der Waals surface area (Å²) in [7, 11) is -2.03. The van der Waals surface area contributed by atoms with Gasteiger partial charge in [-0.25, -0.2) is 0 Å². The van der Waals surface area contributed by atoms with Crippen LogP contribution in [0.15, 0.2) is 138 Å². The minimum atomic E-state index is -1.49. The molecule has 0 aliphatic heterocycles. The van der Waals surface area contributed by atoms with Crippen molar-refractivity contribution >= 4 is 57.4 Å². The molecule has 0 saturated heterocycles. The standard InChI is InChI=1S/C17H15BO3.C17H13BrO.C9H21BO3.C4H9.Li/c19-18(20)17-8-4-7-14-9-10-15(11-16(14)17)21-12-13-5-2-1-3-6-13;18-17-8-4-7-14-9-10-15(11-16(14)17)19-12-13-5-2-1-3-6-13;1-7(2)11-10(12-8(3)4)13-9(5)6;1-3-4-2;/h1-11,19-20H,12H2;1-11H,12H2;7-9H,1-6H3;1,3-4H2,2H3;/q;;;-1;+1. The molecule has 0 saturated carbocycles. The fraction of sp³-hybridized carbons (Fsp3) is 0.298. The summed E-state index contributed by atoms with van der Waals surface area (Å²) in [5.41, 5.74) is 2.75. The number of unbranched alkanes of at least 4 members (excludes halogenated alkanes) is 1. The molecule has 302 valence electrons. The van der Waals surface area contributed by atoms with Crippen LogP contribution < -0.4 is 33.8 Å². The van der Waals surface area contributed by atoms with Gasteiger partial charge >= 0.3 is 33.3 Å². The number of hydrogen-bond acceptors (Lipinski definition) is 7. The molecule has 0 aromatic heterocycles. The predicted molar refractivity (Wildman–Crippen MR) is 242 cm³/mol. The van der Waals surface area contributed by atoms with Gasteiger partial charge in [0.1, 0.15) is 24.7 Å². The smallest absolute Gasteiger partial charge is 0.489 e. The van der Waals surface area contributed by atoms with E-state index in [4.69, 9.17) is 23.4 Å². The molecule has 0 unspecified atom stereocenters. The summed E-state index contributed by atoms with van der Waals surface area (Å²) in [5.74, 6) is 1.60. The number of halogens is 1. The van der Waals surface area contributed by atoms with E-state index in [1.807, 2.05) is 139 Å². The monoisotopic (exact) mass is 842 g/mol. The number of ether oxygens (including phenoxy) is 2. The molecule has 0 amide bonds. The van der Waals surface area contributed by atoms with E-state index in [0.717, 1.165) is 33.0 Å². The minimum absolute atomic E-state index is 0. The van der Waals surface area contributed by atoms with Gasteiger partial charge in [-0.2, -0.15) is 6.42 Å². The molecule has 11 heteroatoms. The van der Waals surface area contributed by atoms with E-state index in [9.17, 15) is 10.0 Å². The molecule has 58 heavy (non-hydrogen) atoms. The SMILES string of the molecule is Brc1cccc2ccc(OCc3ccccc3)cc12.CC(C)OB(OC(C)C)OC(C)C.OB(O)c1cccc2ccc(OCc3ccccc3)cc12.[CH2-]CCC.[Li+]. The second-order valence-electron chi connectivity index (χ2n) is 14.0. The topological polar surface area (TPSA) is 86.6 Å². The molecule has 0 spiro atoms. The van der Waals surface area contributed by atoms with Crippen molar-refractivity contribution in [1.82, 2.24) is 0 Å². The second-order valence-corrected chi connectivity index (χ2v) is 14.8. The van der Waals surface area contributed by atoms with Crippen molar-refractivity contribution < 1.29 is 52.3 Å². The van der Waals surface area contributed by atoms with Crippen LogP contribution in [0.4, 0.5) is 0 Å². The van der Waals surface area contributed by atoms with Gasteiger partial charge in [-0.15, -0.1) is 0 Å². The molecule has 0 heterocycles. The third-order valence-electron chi connectivity index (χ3n) is 7.97. The van der Waals surface area contributed by atoms with Crippen molar-refractivity contribution in [3.8, 4) is 11.5 Å². The number of fused-ring (bicyclic) bond motifs is 2. The summed E-state index contributed by atoms with van der Waals surface area (Å²) in [6.45, 7) is 18.6. The summed E-state index contributed by atoms with van der Waals surface area (Å²) in [4.78, 5) is 0. The molecule has 6 aromatic rings. The van der Waals surface area contributed by atoms with Gasteiger partial charge in [-0.3, -0.25) is 0 Å². The van der Waals surface area contributed by atoms with Crippen molar-refractivity contribution in [3.05, 3.63) is 156 Å². The van der Waals surface area contributed by atoms with Crippen molar-refractivity contribution in [2.75, 3.05) is 0 Å². The van der Waals surface area contributed by atoms with Gasteiger partial charge in [0, 0.05) is 22.8 Å².